The van der Waals surface area contributed by atoms with Gasteiger partial charge < -0.3 is 11.1 Å². The highest BCUT2D eigenvalue weighted by molar-refractivity contribution is 5.83. The molecule has 0 aliphatic heterocycles. The molecule has 3 rings (SSSR count). The Balaban J connectivity index is 1.72. The molecule has 20 heavy (non-hydrogen) atoms. The van der Waals surface area contributed by atoms with Gasteiger partial charge in [-0.2, -0.15) is 0 Å². The molecule has 0 radical (unpaired) electrons. The number of hydrogen-bond donors (Lipinski definition) is 2. The second-order valence-electron chi connectivity index (χ2n) is 5.41. The number of hydrogen-bond acceptors (Lipinski definition) is 3. The summed E-state index contributed by atoms with van der Waals surface area (Å²) in [6.07, 6.45) is 4.68. The maximum absolute atomic E-state index is 12.2. The highest BCUT2D eigenvalue weighted by Gasteiger charge is 2.29. The van der Waals surface area contributed by atoms with Crippen molar-refractivity contribution in [2.75, 3.05) is 0 Å². The lowest BCUT2D eigenvalue weighted by Crippen LogP contribution is -2.38. The van der Waals surface area contributed by atoms with E-state index < -0.39 is 0 Å². The standard InChI is InChI=1S/C16H19N3O/c17-14-8-2-7-13(14)16(20)19-10-12-5-1-4-11-6-3-9-18-15(11)12/h1,3-6,9,13-14H,2,7-8,10,17H2,(H,19,20). The minimum Gasteiger partial charge on any atom is -0.352 e. The van der Waals surface area contributed by atoms with Crippen molar-refractivity contribution in [3.05, 3.63) is 42.1 Å². The van der Waals surface area contributed by atoms with Crippen LogP contribution in [-0.4, -0.2) is 16.9 Å². The summed E-state index contributed by atoms with van der Waals surface area (Å²) in [6.45, 7) is 0.510. The Kier molecular flexibility index (Phi) is 3.65. The molecule has 1 aromatic carbocycles. The fourth-order valence-corrected chi connectivity index (χ4v) is 2.94. The van der Waals surface area contributed by atoms with E-state index in [4.69, 9.17) is 5.73 Å². The summed E-state index contributed by atoms with van der Waals surface area (Å²) >= 11 is 0. The molecule has 4 nitrogen and oxygen atoms in total. The molecule has 1 amide bonds. The largest absolute Gasteiger partial charge is 0.352 e. The first kappa shape index (κ1) is 13.1. The van der Waals surface area contributed by atoms with Crippen LogP contribution in [0.4, 0.5) is 0 Å². The normalized spacial score (nSPS) is 22.1. The van der Waals surface area contributed by atoms with E-state index in [1.54, 1.807) is 6.20 Å². The molecule has 1 fully saturated rings. The first-order valence-corrected chi connectivity index (χ1v) is 7.11. The monoisotopic (exact) mass is 269 g/mol. The second kappa shape index (κ2) is 5.59. The number of aromatic nitrogens is 1. The van der Waals surface area contributed by atoms with Crippen LogP contribution in [0.2, 0.25) is 0 Å². The van der Waals surface area contributed by atoms with E-state index >= 15 is 0 Å². The summed E-state index contributed by atoms with van der Waals surface area (Å²) in [6, 6.07) is 9.99. The van der Waals surface area contributed by atoms with Crippen LogP contribution >= 0.6 is 0 Å². The van der Waals surface area contributed by atoms with Crippen LogP contribution < -0.4 is 11.1 Å². The second-order valence-corrected chi connectivity index (χ2v) is 5.41. The number of nitrogens with zero attached hydrogens (tertiary/aromatic N) is 1. The van der Waals surface area contributed by atoms with Gasteiger partial charge in [0.2, 0.25) is 5.91 Å². The fourth-order valence-electron chi connectivity index (χ4n) is 2.94. The van der Waals surface area contributed by atoms with Gasteiger partial charge in [0.15, 0.2) is 0 Å². The summed E-state index contributed by atoms with van der Waals surface area (Å²) in [4.78, 5) is 16.5. The fraction of sp³-hybridized carbons (Fsp3) is 0.375. The molecule has 1 heterocycles. The number of rotatable bonds is 3. The molecule has 1 aliphatic rings. The summed E-state index contributed by atoms with van der Waals surface area (Å²) in [5, 5.41) is 4.10. The van der Waals surface area contributed by atoms with Crippen molar-refractivity contribution in [1.82, 2.24) is 10.3 Å². The Morgan fingerprint density at radius 1 is 1.30 bits per heavy atom. The Bertz CT molecular complexity index is 621. The summed E-state index contributed by atoms with van der Waals surface area (Å²) in [5.74, 6) is 0.0425. The molecule has 0 saturated heterocycles. The average molecular weight is 269 g/mol. The summed E-state index contributed by atoms with van der Waals surface area (Å²) < 4.78 is 0. The molecule has 1 aliphatic carbocycles. The Morgan fingerprint density at radius 2 is 2.15 bits per heavy atom. The number of pyridine rings is 1. The Labute approximate surface area is 118 Å². The minimum atomic E-state index is -0.0297. The first-order valence-electron chi connectivity index (χ1n) is 7.11. The van der Waals surface area contributed by atoms with E-state index in [-0.39, 0.29) is 17.9 Å². The van der Waals surface area contributed by atoms with E-state index in [0.717, 1.165) is 35.7 Å². The molecule has 2 unspecified atom stereocenters. The zero-order chi connectivity index (χ0) is 13.9. The maximum atomic E-state index is 12.2. The zero-order valence-electron chi connectivity index (χ0n) is 11.4. The van der Waals surface area contributed by atoms with Crippen LogP contribution in [0.25, 0.3) is 10.9 Å². The van der Waals surface area contributed by atoms with Crippen molar-refractivity contribution in [1.29, 1.82) is 0 Å². The lowest BCUT2D eigenvalue weighted by atomic mass is 10.0. The van der Waals surface area contributed by atoms with E-state index in [9.17, 15) is 4.79 Å². The summed E-state index contributed by atoms with van der Waals surface area (Å²) in [5.41, 5.74) is 7.96. The van der Waals surface area contributed by atoms with E-state index in [1.165, 1.54) is 0 Å². The number of benzene rings is 1. The van der Waals surface area contributed by atoms with Gasteiger partial charge in [0.05, 0.1) is 11.4 Å². The average Bonchev–Trinajstić information content (AvgIpc) is 2.91. The van der Waals surface area contributed by atoms with Crippen molar-refractivity contribution in [3.63, 3.8) is 0 Å². The van der Waals surface area contributed by atoms with Crippen LogP contribution in [0.1, 0.15) is 24.8 Å². The predicted octanol–water partition coefficient (Wildman–Crippen LogP) is 1.98. The number of para-hydroxylation sites is 1. The molecule has 4 heteroatoms. The van der Waals surface area contributed by atoms with Gasteiger partial charge in [-0.3, -0.25) is 9.78 Å². The van der Waals surface area contributed by atoms with Gasteiger partial charge in [0.1, 0.15) is 0 Å². The number of nitrogens with two attached hydrogens (primary N) is 1. The highest BCUT2D eigenvalue weighted by Crippen LogP contribution is 2.24. The van der Waals surface area contributed by atoms with E-state index in [0.29, 0.717) is 6.54 Å². The molecule has 2 atom stereocenters. The van der Waals surface area contributed by atoms with Crippen LogP contribution in [0.3, 0.4) is 0 Å². The van der Waals surface area contributed by atoms with Crippen LogP contribution in [0.5, 0.6) is 0 Å². The highest BCUT2D eigenvalue weighted by atomic mass is 16.1. The van der Waals surface area contributed by atoms with Gasteiger partial charge in [-0.05, 0) is 24.5 Å². The molecule has 1 aromatic heterocycles. The first-order chi connectivity index (χ1) is 9.75. The topological polar surface area (TPSA) is 68.0 Å². The van der Waals surface area contributed by atoms with Gasteiger partial charge in [0, 0.05) is 24.2 Å². The number of carbonyl (C=O) groups is 1. The minimum absolute atomic E-state index is 0.0145. The smallest absolute Gasteiger partial charge is 0.224 e. The molecule has 104 valence electrons. The van der Waals surface area contributed by atoms with Crippen molar-refractivity contribution in [2.24, 2.45) is 11.7 Å². The number of fused-ring (bicyclic) bond motifs is 1. The van der Waals surface area contributed by atoms with Gasteiger partial charge >= 0.3 is 0 Å². The van der Waals surface area contributed by atoms with Gasteiger partial charge in [0.25, 0.3) is 0 Å². The molecular weight excluding hydrogens is 250 g/mol. The van der Waals surface area contributed by atoms with Crippen molar-refractivity contribution in [2.45, 2.75) is 31.8 Å². The molecule has 0 bridgehead atoms. The molecule has 2 aromatic rings. The third kappa shape index (κ3) is 2.51. The quantitative estimate of drug-likeness (QED) is 0.895. The van der Waals surface area contributed by atoms with Crippen LogP contribution in [0.15, 0.2) is 36.5 Å². The SMILES string of the molecule is NC1CCCC1C(=O)NCc1cccc2cccnc12. The van der Waals surface area contributed by atoms with E-state index in [2.05, 4.69) is 10.3 Å². The molecular formula is C16H19N3O. The van der Waals surface area contributed by atoms with Crippen molar-refractivity contribution < 1.29 is 4.79 Å². The van der Waals surface area contributed by atoms with Gasteiger partial charge in [-0.25, -0.2) is 0 Å². The van der Waals surface area contributed by atoms with Gasteiger partial charge in [-0.1, -0.05) is 30.7 Å². The lowest BCUT2D eigenvalue weighted by molar-refractivity contribution is -0.125. The molecule has 0 spiro atoms. The third-order valence-corrected chi connectivity index (χ3v) is 4.08. The van der Waals surface area contributed by atoms with Gasteiger partial charge in [-0.15, -0.1) is 0 Å². The van der Waals surface area contributed by atoms with Crippen molar-refractivity contribution in [3.8, 4) is 0 Å². The maximum Gasteiger partial charge on any atom is 0.224 e. The van der Waals surface area contributed by atoms with Crippen LogP contribution in [0, 0.1) is 5.92 Å². The Hall–Kier alpha value is -1.94. The Morgan fingerprint density at radius 3 is 2.95 bits per heavy atom. The number of nitrogens with one attached hydrogen (secondary N) is 1. The lowest BCUT2D eigenvalue weighted by Gasteiger charge is -2.15. The summed E-state index contributed by atoms with van der Waals surface area (Å²) in [7, 11) is 0. The van der Waals surface area contributed by atoms with Crippen molar-refractivity contribution >= 4 is 16.8 Å². The third-order valence-electron chi connectivity index (χ3n) is 4.08. The molecule has 3 N–H and O–H groups in total. The van der Waals surface area contributed by atoms with E-state index in [1.807, 2.05) is 30.3 Å². The van der Waals surface area contributed by atoms with Crippen LogP contribution in [-0.2, 0) is 11.3 Å². The zero-order valence-corrected chi connectivity index (χ0v) is 11.4. The number of amides is 1. The predicted molar refractivity (Wildman–Crippen MR) is 78.9 cm³/mol. The number of carbonyl (C=O) groups excluding carboxylic acids is 1. The molecule has 1 saturated carbocycles.